The van der Waals surface area contributed by atoms with Gasteiger partial charge in [-0.25, -0.2) is 14.2 Å². The lowest BCUT2D eigenvalue weighted by molar-refractivity contribution is 0.0696. The third-order valence-electron chi connectivity index (χ3n) is 2.26. The quantitative estimate of drug-likeness (QED) is 0.878. The number of aryl methyl sites for hydroxylation is 1. The van der Waals surface area contributed by atoms with Gasteiger partial charge in [0.05, 0.1) is 23.1 Å². The highest BCUT2D eigenvalue weighted by molar-refractivity contribution is 5.89. The number of alkyl halides is 1. The molecule has 0 saturated carbocycles. The summed E-state index contributed by atoms with van der Waals surface area (Å²) in [5, 5.41) is 12.9. The van der Waals surface area contributed by atoms with E-state index < -0.39 is 12.6 Å². The van der Waals surface area contributed by atoms with Crippen molar-refractivity contribution >= 4 is 5.97 Å². The minimum absolute atomic E-state index is 0.0199. The zero-order chi connectivity index (χ0) is 12.4. The van der Waals surface area contributed by atoms with Crippen molar-refractivity contribution in [3.8, 4) is 11.3 Å². The normalized spacial score (nSPS) is 10.5. The predicted octanol–water partition coefficient (Wildman–Crippen LogP) is 1.65. The maximum Gasteiger partial charge on any atom is 0.335 e. The Hall–Kier alpha value is -2.24. The van der Waals surface area contributed by atoms with Crippen LogP contribution in [0.15, 0.2) is 24.5 Å². The third kappa shape index (κ3) is 2.30. The van der Waals surface area contributed by atoms with Crippen molar-refractivity contribution in [2.45, 2.75) is 6.67 Å². The van der Waals surface area contributed by atoms with E-state index in [4.69, 9.17) is 5.11 Å². The smallest absolute Gasteiger partial charge is 0.335 e. The Morgan fingerprint density at radius 3 is 2.82 bits per heavy atom. The van der Waals surface area contributed by atoms with Gasteiger partial charge in [0, 0.05) is 18.8 Å². The minimum atomic E-state index is -1.10. The molecule has 0 bridgehead atoms. The lowest BCUT2D eigenvalue weighted by Crippen LogP contribution is -2.00. The van der Waals surface area contributed by atoms with Crippen molar-refractivity contribution in [3.63, 3.8) is 0 Å². The maximum atomic E-state index is 12.6. The van der Waals surface area contributed by atoms with Gasteiger partial charge >= 0.3 is 5.97 Å². The van der Waals surface area contributed by atoms with Gasteiger partial charge in [-0.05, 0) is 12.1 Å². The first-order valence-corrected chi connectivity index (χ1v) is 4.89. The Kier molecular flexibility index (Phi) is 2.86. The highest BCUT2D eigenvalue weighted by Crippen LogP contribution is 2.19. The molecule has 88 valence electrons. The fourth-order valence-corrected chi connectivity index (χ4v) is 1.48. The molecule has 0 unspecified atom stereocenters. The molecule has 1 N–H and O–H groups in total. The van der Waals surface area contributed by atoms with Crippen LogP contribution in [0.4, 0.5) is 4.39 Å². The van der Waals surface area contributed by atoms with E-state index in [1.165, 1.54) is 12.1 Å². The summed E-state index contributed by atoms with van der Waals surface area (Å²) in [6.07, 6.45) is 3.24. The molecule has 0 radical (unpaired) electrons. The van der Waals surface area contributed by atoms with Gasteiger partial charge in [-0.2, -0.15) is 5.10 Å². The van der Waals surface area contributed by atoms with Gasteiger partial charge in [0.25, 0.3) is 0 Å². The third-order valence-corrected chi connectivity index (χ3v) is 2.26. The van der Waals surface area contributed by atoms with Crippen molar-refractivity contribution < 1.29 is 14.3 Å². The Labute approximate surface area is 96.5 Å². The summed E-state index contributed by atoms with van der Waals surface area (Å²) in [6.45, 7) is -0.797. The highest BCUT2D eigenvalue weighted by atomic mass is 19.1. The standard InChI is InChI=1S/C11H10FN3O2/c1-15-6-8(5-13-15)10-3-7(11(16)17)2-9(4-12)14-10/h2-3,5-6H,4H2,1H3,(H,16,17). The second-order valence-electron chi connectivity index (χ2n) is 3.57. The lowest BCUT2D eigenvalue weighted by Gasteiger charge is -2.02. The summed E-state index contributed by atoms with van der Waals surface area (Å²) < 4.78 is 14.2. The van der Waals surface area contributed by atoms with Crippen LogP contribution in [-0.4, -0.2) is 25.8 Å². The molecule has 0 aliphatic carbocycles. The molecule has 2 aromatic heterocycles. The molecule has 0 amide bonds. The van der Waals surface area contributed by atoms with Gasteiger partial charge in [-0.15, -0.1) is 0 Å². The molecule has 0 aliphatic heterocycles. The number of rotatable bonds is 3. The summed E-state index contributed by atoms with van der Waals surface area (Å²) >= 11 is 0. The number of carboxylic acids is 1. The summed E-state index contributed by atoms with van der Waals surface area (Å²) in [4.78, 5) is 14.9. The summed E-state index contributed by atoms with van der Waals surface area (Å²) in [7, 11) is 1.74. The van der Waals surface area contributed by atoms with Crippen molar-refractivity contribution in [1.82, 2.24) is 14.8 Å². The molecule has 17 heavy (non-hydrogen) atoms. The maximum absolute atomic E-state index is 12.6. The van der Waals surface area contributed by atoms with Crippen LogP contribution in [0.3, 0.4) is 0 Å². The monoisotopic (exact) mass is 235 g/mol. The average Bonchev–Trinajstić information content (AvgIpc) is 2.75. The van der Waals surface area contributed by atoms with Gasteiger partial charge in [-0.1, -0.05) is 0 Å². The molecule has 6 heteroatoms. The van der Waals surface area contributed by atoms with Gasteiger partial charge in [0.1, 0.15) is 6.67 Å². The molecule has 0 aliphatic rings. The first-order chi connectivity index (χ1) is 8.10. The molecule has 2 aromatic rings. The van der Waals surface area contributed by atoms with E-state index >= 15 is 0 Å². The van der Waals surface area contributed by atoms with Crippen LogP contribution in [-0.2, 0) is 13.7 Å². The van der Waals surface area contributed by atoms with E-state index in [1.807, 2.05) is 0 Å². The first-order valence-electron chi connectivity index (χ1n) is 4.89. The number of hydrogen-bond acceptors (Lipinski definition) is 3. The molecular formula is C11H10FN3O2. The number of nitrogens with zero attached hydrogens (tertiary/aromatic N) is 3. The number of aromatic nitrogens is 3. The zero-order valence-corrected chi connectivity index (χ0v) is 9.09. The lowest BCUT2D eigenvalue weighted by atomic mass is 10.1. The molecule has 2 heterocycles. The Morgan fingerprint density at radius 2 is 2.29 bits per heavy atom. The van der Waals surface area contributed by atoms with Crippen LogP contribution in [0.5, 0.6) is 0 Å². The van der Waals surface area contributed by atoms with Gasteiger partial charge in [0.2, 0.25) is 0 Å². The zero-order valence-electron chi connectivity index (χ0n) is 9.09. The fourth-order valence-electron chi connectivity index (χ4n) is 1.48. The van der Waals surface area contributed by atoms with Crippen molar-refractivity contribution in [1.29, 1.82) is 0 Å². The van der Waals surface area contributed by atoms with Crippen LogP contribution in [0, 0.1) is 0 Å². The van der Waals surface area contributed by atoms with E-state index in [0.29, 0.717) is 11.3 Å². The van der Waals surface area contributed by atoms with Crippen LogP contribution in [0.1, 0.15) is 16.1 Å². The molecule has 0 saturated heterocycles. The van der Waals surface area contributed by atoms with E-state index in [9.17, 15) is 9.18 Å². The number of carbonyl (C=O) groups is 1. The number of pyridine rings is 1. The summed E-state index contributed by atoms with van der Waals surface area (Å²) in [5.41, 5.74) is 1.19. The number of aromatic carboxylic acids is 1. The fraction of sp³-hybridized carbons (Fsp3) is 0.182. The number of carboxylic acid groups (broad SMARTS) is 1. The summed E-state index contributed by atoms with van der Waals surface area (Å²) in [6, 6.07) is 2.63. The first kappa shape index (κ1) is 11.3. The van der Waals surface area contributed by atoms with E-state index in [2.05, 4.69) is 10.1 Å². The summed E-state index contributed by atoms with van der Waals surface area (Å²) in [5.74, 6) is -1.10. The molecule has 0 aromatic carbocycles. The van der Waals surface area contributed by atoms with Crippen LogP contribution in [0.2, 0.25) is 0 Å². The molecule has 0 spiro atoms. The van der Waals surface area contributed by atoms with Crippen LogP contribution >= 0.6 is 0 Å². The molecular weight excluding hydrogens is 225 g/mol. The van der Waals surface area contributed by atoms with Crippen LogP contribution in [0.25, 0.3) is 11.3 Å². The van der Waals surface area contributed by atoms with Crippen molar-refractivity contribution in [3.05, 3.63) is 35.8 Å². The Bertz CT molecular complexity index is 566. The SMILES string of the molecule is Cn1cc(-c2cc(C(=O)O)cc(CF)n2)cn1. The number of halogens is 1. The Morgan fingerprint density at radius 1 is 1.53 bits per heavy atom. The second kappa shape index (κ2) is 4.32. The molecule has 0 atom stereocenters. The number of hydrogen-bond donors (Lipinski definition) is 1. The molecule has 0 fully saturated rings. The van der Waals surface area contributed by atoms with Crippen LogP contribution < -0.4 is 0 Å². The average molecular weight is 235 g/mol. The topological polar surface area (TPSA) is 68.0 Å². The van der Waals surface area contributed by atoms with E-state index in [-0.39, 0.29) is 11.3 Å². The van der Waals surface area contributed by atoms with Gasteiger partial charge in [0.15, 0.2) is 0 Å². The van der Waals surface area contributed by atoms with Gasteiger partial charge < -0.3 is 5.11 Å². The largest absolute Gasteiger partial charge is 0.478 e. The Balaban J connectivity index is 2.53. The highest BCUT2D eigenvalue weighted by Gasteiger charge is 2.10. The second-order valence-corrected chi connectivity index (χ2v) is 3.57. The van der Waals surface area contributed by atoms with E-state index in [1.54, 1.807) is 24.1 Å². The minimum Gasteiger partial charge on any atom is -0.478 e. The molecule has 2 rings (SSSR count). The van der Waals surface area contributed by atoms with Gasteiger partial charge in [-0.3, -0.25) is 4.68 Å². The predicted molar refractivity (Wildman–Crippen MR) is 58.2 cm³/mol. The van der Waals surface area contributed by atoms with E-state index in [0.717, 1.165) is 0 Å². The molecule has 5 nitrogen and oxygen atoms in total. The van der Waals surface area contributed by atoms with Crippen molar-refractivity contribution in [2.75, 3.05) is 0 Å². The van der Waals surface area contributed by atoms with Crippen molar-refractivity contribution in [2.24, 2.45) is 7.05 Å².